The fraction of sp³-hybridized carbons (Fsp3) is 0.200. The van der Waals surface area contributed by atoms with Crippen molar-refractivity contribution in [3.8, 4) is 0 Å². The van der Waals surface area contributed by atoms with Crippen molar-refractivity contribution in [1.82, 2.24) is 5.32 Å². The predicted molar refractivity (Wildman–Crippen MR) is 54.3 cm³/mol. The van der Waals surface area contributed by atoms with Gasteiger partial charge in [-0.2, -0.15) is 0 Å². The van der Waals surface area contributed by atoms with Crippen molar-refractivity contribution in [3.63, 3.8) is 0 Å². The molecule has 0 saturated heterocycles. The first-order valence-corrected chi connectivity index (χ1v) is 4.49. The highest BCUT2D eigenvalue weighted by molar-refractivity contribution is 5.96. The second-order valence-corrected chi connectivity index (χ2v) is 2.76. The van der Waals surface area contributed by atoms with E-state index in [9.17, 15) is 9.59 Å². The minimum absolute atomic E-state index is 0.279. The van der Waals surface area contributed by atoms with Crippen LogP contribution < -0.4 is 11.1 Å². The minimum Gasteiger partial charge on any atom is -0.373 e. The van der Waals surface area contributed by atoms with Crippen LogP contribution in [0, 0.1) is 0 Å². The molecule has 0 bridgehead atoms. The van der Waals surface area contributed by atoms with Crippen molar-refractivity contribution in [2.75, 3.05) is 13.1 Å². The Morgan fingerprint density at radius 3 is 2.53 bits per heavy atom. The summed E-state index contributed by atoms with van der Waals surface area (Å²) in [5.41, 5.74) is 5.50. The number of nitrogens with two attached hydrogens (primary N) is 1. The van der Waals surface area contributed by atoms with Gasteiger partial charge in [0, 0.05) is 13.1 Å². The largest absolute Gasteiger partial charge is 0.415 e. The average molecular weight is 208 g/mol. The van der Waals surface area contributed by atoms with E-state index in [1.165, 1.54) is 0 Å². The normalized spacial score (nSPS) is 9.40. The molecule has 80 valence electrons. The van der Waals surface area contributed by atoms with Gasteiger partial charge in [0.2, 0.25) is 0 Å². The molecule has 0 aliphatic carbocycles. The lowest BCUT2D eigenvalue weighted by Gasteiger charge is -2.03. The van der Waals surface area contributed by atoms with E-state index in [0.29, 0.717) is 12.1 Å². The predicted octanol–water partition coefficient (Wildman–Crippen LogP) is 0.512. The van der Waals surface area contributed by atoms with Crippen molar-refractivity contribution < 1.29 is 14.3 Å². The highest BCUT2D eigenvalue weighted by atomic mass is 16.6. The maximum Gasteiger partial charge on any atom is 0.415 e. The van der Waals surface area contributed by atoms with Gasteiger partial charge in [-0.3, -0.25) is 0 Å². The molecule has 0 unspecified atom stereocenters. The van der Waals surface area contributed by atoms with Crippen LogP contribution in [-0.2, 0) is 4.74 Å². The van der Waals surface area contributed by atoms with E-state index in [0.717, 1.165) is 0 Å². The molecular formula is C10H12N2O3. The standard InChI is InChI=1S/C10H12N2O3/c11-6-7-12-10(14)15-9(13)8-4-2-1-3-5-8/h1-5H,6-7,11H2,(H,12,14). The second kappa shape index (κ2) is 5.77. The average Bonchev–Trinajstić information content (AvgIpc) is 2.27. The van der Waals surface area contributed by atoms with Gasteiger partial charge in [0.25, 0.3) is 0 Å². The summed E-state index contributed by atoms with van der Waals surface area (Å²) in [6.45, 7) is 0.579. The lowest BCUT2D eigenvalue weighted by Crippen LogP contribution is -2.31. The number of hydrogen-bond donors (Lipinski definition) is 2. The third-order valence-corrected chi connectivity index (χ3v) is 1.61. The molecule has 0 aliphatic rings. The van der Waals surface area contributed by atoms with Gasteiger partial charge in [-0.05, 0) is 12.1 Å². The number of ether oxygens (including phenoxy) is 1. The van der Waals surface area contributed by atoms with Crippen LogP contribution in [0.4, 0.5) is 4.79 Å². The van der Waals surface area contributed by atoms with E-state index >= 15 is 0 Å². The lowest BCUT2D eigenvalue weighted by molar-refractivity contribution is 0.0623. The fourth-order valence-corrected chi connectivity index (χ4v) is 0.928. The lowest BCUT2D eigenvalue weighted by atomic mass is 10.2. The molecule has 1 aromatic rings. The molecular weight excluding hydrogens is 196 g/mol. The zero-order valence-electron chi connectivity index (χ0n) is 8.10. The van der Waals surface area contributed by atoms with Crippen molar-refractivity contribution in [2.45, 2.75) is 0 Å². The minimum atomic E-state index is -0.783. The number of benzene rings is 1. The Hall–Kier alpha value is -1.88. The quantitative estimate of drug-likeness (QED) is 0.560. The van der Waals surface area contributed by atoms with Gasteiger partial charge in [0.15, 0.2) is 0 Å². The molecule has 0 aromatic heterocycles. The van der Waals surface area contributed by atoms with Gasteiger partial charge in [-0.25, -0.2) is 9.59 Å². The van der Waals surface area contributed by atoms with E-state index in [1.807, 2.05) is 0 Å². The first kappa shape index (κ1) is 11.2. The van der Waals surface area contributed by atoms with Gasteiger partial charge in [-0.15, -0.1) is 0 Å². The first-order chi connectivity index (χ1) is 7.24. The Labute approximate surface area is 87.2 Å². The van der Waals surface area contributed by atoms with Gasteiger partial charge in [-0.1, -0.05) is 18.2 Å². The van der Waals surface area contributed by atoms with Gasteiger partial charge < -0.3 is 15.8 Å². The summed E-state index contributed by atoms with van der Waals surface area (Å²) in [6.07, 6.45) is -0.783. The van der Waals surface area contributed by atoms with Crippen LogP contribution in [0.2, 0.25) is 0 Å². The molecule has 1 aromatic carbocycles. The Kier molecular flexibility index (Phi) is 4.30. The number of alkyl carbamates (subject to hydrolysis) is 1. The summed E-state index contributed by atoms with van der Waals surface area (Å²) >= 11 is 0. The van der Waals surface area contributed by atoms with Crippen LogP contribution in [0.1, 0.15) is 10.4 Å². The third-order valence-electron chi connectivity index (χ3n) is 1.61. The molecule has 15 heavy (non-hydrogen) atoms. The molecule has 0 saturated carbocycles. The van der Waals surface area contributed by atoms with E-state index in [2.05, 4.69) is 10.1 Å². The Morgan fingerprint density at radius 2 is 1.93 bits per heavy atom. The van der Waals surface area contributed by atoms with Crippen molar-refractivity contribution in [2.24, 2.45) is 5.73 Å². The van der Waals surface area contributed by atoms with Crippen LogP contribution in [0.15, 0.2) is 30.3 Å². The van der Waals surface area contributed by atoms with Crippen LogP contribution in [0.25, 0.3) is 0 Å². The Morgan fingerprint density at radius 1 is 1.27 bits per heavy atom. The second-order valence-electron chi connectivity index (χ2n) is 2.76. The molecule has 5 heteroatoms. The maximum atomic E-state index is 11.3. The van der Waals surface area contributed by atoms with Crippen molar-refractivity contribution in [1.29, 1.82) is 0 Å². The monoisotopic (exact) mass is 208 g/mol. The number of hydrogen-bond acceptors (Lipinski definition) is 4. The zero-order valence-corrected chi connectivity index (χ0v) is 8.10. The van der Waals surface area contributed by atoms with Crippen LogP contribution >= 0.6 is 0 Å². The number of esters is 1. The summed E-state index contributed by atoms with van der Waals surface area (Å²) in [4.78, 5) is 22.3. The van der Waals surface area contributed by atoms with E-state index < -0.39 is 12.1 Å². The number of carbonyl (C=O) groups is 2. The highest BCUT2D eigenvalue weighted by Gasteiger charge is 2.10. The van der Waals surface area contributed by atoms with Crippen molar-refractivity contribution >= 4 is 12.1 Å². The van der Waals surface area contributed by atoms with Crippen LogP contribution in [0.3, 0.4) is 0 Å². The SMILES string of the molecule is NCCNC(=O)OC(=O)c1ccccc1. The smallest absolute Gasteiger partial charge is 0.373 e. The number of nitrogens with one attached hydrogen (secondary N) is 1. The zero-order chi connectivity index (χ0) is 11.1. The molecule has 0 fully saturated rings. The Balaban J connectivity index is 2.46. The van der Waals surface area contributed by atoms with Crippen LogP contribution in [0.5, 0.6) is 0 Å². The van der Waals surface area contributed by atoms with E-state index in [4.69, 9.17) is 5.73 Å². The molecule has 0 spiro atoms. The van der Waals surface area contributed by atoms with E-state index in [-0.39, 0.29) is 6.54 Å². The topological polar surface area (TPSA) is 81.4 Å². The van der Waals surface area contributed by atoms with Gasteiger partial charge in [0.1, 0.15) is 0 Å². The molecule has 0 atom stereocenters. The molecule has 0 aliphatic heterocycles. The number of amides is 1. The first-order valence-electron chi connectivity index (χ1n) is 4.49. The van der Waals surface area contributed by atoms with Gasteiger partial charge in [0.05, 0.1) is 5.56 Å². The molecule has 0 radical (unpaired) electrons. The summed E-state index contributed by atoms with van der Waals surface area (Å²) in [7, 11) is 0. The van der Waals surface area contributed by atoms with Crippen LogP contribution in [-0.4, -0.2) is 25.2 Å². The molecule has 1 rings (SSSR count). The van der Waals surface area contributed by atoms with E-state index in [1.54, 1.807) is 30.3 Å². The molecule has 3 N–H and O–H groups in total. The summed E-state index contributed by atoms with van der Waals surface area (Å²) in [5, 5.41) is 2.33. The number of rotatable bonds is 3. The maximum absolute atomic E-state index is 11.3. The molecule has 5 nitrogen and oxygen atoms in total. The third kappa shape index (κ3) is 3.78. The number of carbonyl (C=O) groups excluding carboxylic acids is 2. The fourth-order valence-electron chi connectivity index (χ4n) is 0.928. The molecule has 0 heterocycles. The molecule has 1 amide bonds. The van der Waals surface area contributed by atoms with Crippen molar-refractivity contribution in [3.05, 3.63) is 35.9 Å². The summed E-state index contributed by atoms with van der Waals surface area (Å²) < 4.78 is 4.49. The summed E-state index contributed by atoms with van der Waals surface area (Å²) in [6, 6.07) is 8.28. The van der Waals surface area contributed by atoms with Gasteiger partial charge >= 0.3 is 12.1 Å². The highest BCUT2D eigenvalue weighted by Crippen LogP contribution is 2.00. The summed E-state index contributed by atoms with van der Waals surface area (Å²) in [5.74, 6) is -0.676. The Bertz CT molecular complexity index is 338.